The van der Waals surface area contributed by atoms with Crippen molar-refractivity contribution in [1.82, 2.24) is 9.97 Å². The Morgan fingerprint density at radius 3 is 2.64 bits per heavy atom. The maximum Gasteiger partial charge on any atom is 0.259 e. The van der Waals surface area contributed by atoms with Crippen LogP contribution in [0.2, 0.25) is 0 Å². The normalized spacial score (nSPS) is 17.2. The number of amides is 2. The number of fused-ring (bicyclic) bond motifs is 3. The van der Waals surface area contributed by atoms with Crippen molar-refractivity contribution in [3.63, 3.8) is 0 Å². The second-order valence-electron chi connectivity index (χ2n) is 11.0. The zero-order chi connectivity index (χ0) is 28.8. The molecule has 6 heterocycles. The molecule has 7 rings (SSSR count). The van der Waals surface area contributed by atoms with Gasteiger partial charge in [-0.05, 0) is 83.2 Å². The summed E-state index contributed by atoms with van der Waals surface area (Å²) >= 11 is 5.05. The molecule has 1 aromatic carbocycles. The third kappa shape index (κ3) is 4.99. The summed E-state index contributed by atoms with van der Waals surface area (Å²) in [5.74, 6) is -0.338. The summed E-state index contributed by atoms with van der Waals surface area (Å²) in [7, 11) is 0. The minimum absolute atomic E-state index is 0.254. The van der Waals surface area contributed by atoms with Crippen molar-refractivity contribution in [3.05, 3.63) is 87.2 Å². The van der Waals surface area contributed by atoms with Gasteiger partial charge in [0, 0.05) is 61.8 Å². The van der Waals surface area contributed by atoms with Crippen LogP contribution in [0.1, 0.15) is 39.1 Å². The molecule has 11 heteroatoms. The van der Waals surface area contributed by atoms with Gasteiger partial charge in [0.1, 0.15) is 17.3 Å². The van der Waals surface area contributed by atoms with Crippen molar-refractivity contribution in [2.75, 3.05) is 48.0 Å². The van der Waals surface area contributed by atoms with Gasteiger partial charge in [0.25, 0.3) is 11.8 Å². The van der Waals surface area contributed by atoms with Crippen LogP contribution in [0.25, 0.3) is 10.6 Å². The molecule has 0 bridgehead atoms. The molecule has 4 aromatic rings. The predicted molar refractivity (Wildman–Crippen MR) is 164 cm³/mol. The molecule has 0 atom stereocenters. The molecule has 8 nitrogen and oxygen atoms in total. The lowest BCUT2D eigenvalue weighted by Crippen LogP contribution is -2.59. The molecular formula is C31H27BrFN5O3S. The fourth-order valence-electron chi connectivity index (χ4n) is 6.06. The number of halogens is 2. The highest BCUT2D eigenvalue weighted by atomic mass is 79.9. The number of hydrogen-bond acceptors (Lipinski definition) is 7. The summed E-state index contributed by atoms with van der Waals surface area (Å²) in [5.41, 5.74) is 3.86. The predicted octanol–water partition coefficient (Wildman–Crippen LogP) is 6.18. The first-order valence-electron chi connectivity index (χ1n) is 13.8. The third-order valence-corrected chi connectivity index (χ3v) is 9.98. The zero-order valence-corrected chi connectivity index (χ0v) is 25.0. The van der Waals surface area contributed by atoms with Gasteiger partial charge in [-0.15, -0.1) is 11.3 Å². The van der Waals surface area contributed by atoms with Crippen molar-refractivity contribution in [2.45, 2.75) is 19.3 Å². The van der Waals surface area contributed by atoms with E-state index in [2.05, 4.69) is 36.1 Å². The number of aromatic nitrogens is 2. The molecule has 214 valence electrons. The molecule has 0 aliphatic carbocycles. The number of nitrogens with one attached hydrogen (secondary N) is 1. The van der Waals surface area contributed by atoms with Crippen LogP contribution in [0.4, 0.5) is 21.6 Å². The number of carbonyl (C=O) groups excluding carboxylic acids is 2. The summed E-state index contributed by atoms with van der Waals surface area (Å²) in [5, 5.41) is 2.95. The molecule has 3 aliphatic rings. The Kier molecular flexibility index (Phi) is 7.03. The van der Waals surface area contributed by atoms with Gasteiger partial charge in [-0.3, -0.25) is 14.6 Å². The van der Waals surface area contributed by atoms with Crippen LogP contribution in [0, 0.1) is 11.2 Å². The molecule has 1 N–H and O–H groups in total. The second-order valence-corrected chi connectivity index (χ2v) is 13.4. The van der Waals surface area contributed by atoms with E-state index in [1.807, 2.05) is 6.07 Å². The minimum atomic E-state index is -0.500. The Bertz CT molecular complexity index is 1680. The number of thiophene rings is 1. The van der Waals surface area contributed by atoms with Gasteiger partial charge >= 0.3 is 0 Å². The first kappa shape index (κ1) is 27.2. The topological polar surface area (TPSA) is 87.7 Å². The van der Waals surface area contributed by atoms with E-state index in [4.69, 9.17) is 4.74 Å². The molecule has 0 radical (unpaired) electrons. The van der Waals surface area contributed by atoms with Gasteiger partial charge in [-0.25, -0.2) is 9.37 Å². The minimum Gasteiger partial charge on any atom is -0.381 e. The van der Waals surface area contributed by atoms with Crippen molar-refractivity contribution < 1.29 is 18.7 Å². The van der Waals surface area contributed by atoms with Gasteiger partial charge in [0.05, 0.1) is 26.1 Å². The number of hydrogen-bond donors (Lipinski definition) is 1. The summed E-state index contributed by atoms with van der Waals surface area (Å²) in [4.78, 5) is 40.5. The number of ether oxygens (including phenoxy) is 1. The summed E-state index contributed by atoms with van der Waals surface area (Å²) < 4.78 is 20.8. The molecule has 0 unspecified atom stereocenters. The van der Waals surface area contributed by atoms with E-state index in [0.717, 1.165) is 53.4 Å². The SMILES string of the molecule is O=C(Nc1ccc(C(=O)N2CCc3cc(Br)sc3-c3ncc(F)cc32)cc1)c1cccnc1N1CC2(CCOCC2)C1. The molecular weight excluding hydrogens is 621 g/mol. The lowest BCUT2D eigenvalue weighted by molar-refractivity contribution is -0.000509. The number of nitrogens with zero attached hydrogens (tertiary/aromatic N) is 4. The smallest absolute Gasteiger partial charge is 0.259 e. The molecule has 2 saturated heterocycles. The van der Waals surface area contributed by atoms with Gasteiger partial charge in [0.2, 0.25) is 0 Å². The van der Waals surface area contributed by atoms with E-state index in [-0.39, 0.29) is 17.2 Å². The lowest BCUT2D eigenvalue weighted by Gasteiger charge is -2.53. The van der Waals surface area contributed by atoms with E-state index in [9.17, 15) is 14.0 Å². The van der Waals surface area contributed by atoms with Crippen LogP contribution >= 0.6 is 27.3 Å². The van der Waals surface area contributed by atoms with Gasteiger partial charge in [-0.2, -0.15) is 0 Å². The molecule has 42 heavy (non-hydrogen) atoms. The van der Waals surface area contributed by atoms with Crippen LogP contribution in [-0.4, -0.2) is 54.6 Å². The average molecular weight is 649 g/mol. The Hall–Kier alpha value is -3.67. The molecule has 3 aliphatic heterocycles. The van der Waals surface area contributed by atoms with Crippen LogP contribution < -0.4 is 15.1 Å². The van der Waals surface area contributed by atoms with E-state index in [0.29, 0.717) is 47.0 Å². The Morgan fingerprint density at radius 1 is 1.07 bits per heavy atom. The van der Waals surface area contributed by atoms with Crippen LogP contribution in [0.3, 0.4) is 0 Å². The summed E-state index contributed by atoms with van der Waals surface area (Å²) in [6.07, 6.45) is 5.57. The highest BCUT2D eigenvalue weighted by Crippen LogP contribution is 2.43. The number of benzene rings is 1. The van der Waals surface area contributed by atoms with Gasteiger partial charge < -0.3 is 19.9 Å². The van der Waals surface area contributed by atoms with E-state index >= 15 is 0 Å². The molecule has 2 fully saturated rings. The number of carbonyl (C=O) groups is 2. The fraction of sp³-hybridized carbons (Fsp3) is 0.290. The number of rotatable bonds is 4. The van der Waals surface area contributed by atoms with E-state index in [1.54, 1.807) is 47.5 Å². The highest BCUT2D eigenvalue weighted by Gasteiger charge is 2.45. The third-order valence-electron chi connectivity index (χ3n) is 8.30. The van der Waals surface area contributed by atoms with Crippen molar-refractivity contribution in [2.24, 2.45) is 5.41 Å². The number of anilines is 3. The van der Waals surface area contributed by atoms with Crippen molar-refractivity contribution in [3.8, 4) is 10.6 Å². The van der Waals surface area contributed by atoms with Crippen LogP contribution in [-0.2, 0) is 11.2 Å². The van der Waals surface area contributed by atoms with Crippen molar-refractivity contribution >= 4 is 56.3 Å². The van der Waals surface area contributed by atoms with Crippen molar-refractivity contribution in [1.29, 1.82) is 0 Å². The standard InChI is InChI=1S/C31H27BrFN5O3S/c32-25-14-20-7-11-38(24-15-21(33)16-35-26(24)27(20)42-25)30(40)19-3-5-22(6-4-19)36-29(39)23-2-1-10-34-28(23)37-17-31(18-37)8-12-41-13-9-31/h1-6,10,14-16H,7-9,11-13,17-18H2,(H,36,39). The summed E-state index contributed by atoms with van der Waals surface area (Å²) in [6, 6.07) is 13.7. The van der Waals surface area contributed by atoms with Gasteiger partial charge in [0.15, 0.2) is 0 Å². The Morgan fingerprint density at radius 2 is 1.86 bits per heavy atom. The van der Waals surface area contributed by atoms with E-state index < -0.39 is 5.82 Å². The molecule has 1 spiro atoms. The summed E-state index contributed by atoms with van der Waals surface area (Å²) in [6.45, 7) is 3.70. The molecule has 2 amide bonds. The average Bonchev–Trinajstić information content (AvgIpc) is 3.29. The maximum atomic E-state index is 14.3. The van der Waals surface area contributed by atoms with E-state index in [1.165, 1.54) is 23.6 Å². The quantitative estimate of drug-likeness (QED) is 0.285. The first-order valence-corrected chi connectivity index (χ1v) is 15.5. The zero-order valence-electron chi connectivity index (χ0n) is 22.6. The van der Waals surface area contributed by atoms with Crippen LogP contribution in [0.15, 0.2) is 64.7 Å². The molecule has 0 saturated carbocycles. The largest absolute Gasteiger partial charge is 0.381 e. The highest BCUT2D eigenvalue weighted by molar-refractivity contribution is 9.11. The van der Waals surface area contributed by atoms with Gasteiger partial charge in [-0.1, -0.05) is 0 Å². The fourth-order valence-corrected chi connectivity index (χ4v) is 7.77. The number of pyridine rings is 2. The second kappa shape index (κ2) is 10.9. The monoisotopic (exact) mass is 647 g/mol. The lowest BCUT2D eigenvalue weighted by atomic mass is 9.73. The Balaban J connectivity index is 1.07. The Labute approximate surface area is 254 Å². The molecule has 3 aromatic heterocycles. The van der Waals surface area contributed by atoms with Crippen LogP contribution in [0.5, 0.6) is 0 Å². The first-order chi connectivity index (χ1) is 20.4. The maximum absolute atomic E-state index is 14.3.